The van der Waals surface area contributed by atoms with Crippen LogP contribution in [0.4, 0.5) is 5.69 Å². The number of benzene rings is 1. The van der Waals surface area contributed by atoms with Crippen LogP contribution < -0.4 is 26.0 Å². The highest BCUT2D eigenvalue weighted by atomic mass is 16.7. The standard InChI is InChI=1S/C19H16N4O6/c1-10(24)11-5-15-16(29-9-28-15)6-13(11)21-17(25)8-23-18(26)12(7-20)14-3-2-4-22(14)19(23)27/h5-6H,2-4,8-9H2,1H3,(H,21,25). The van der Waals surface area contributed by atoms with Gasteiger partial charge in [0.15, 0.2) is 17.3 Å². The van der Waals surface area contributed by atoms with E-state index >= 15 is 0 Å². The predicted molar refractivity (Wildman–Crippen MR) is 99.2 cm³/mol. The molecule has 0 aliphatic carbocycles. The van der Waals surface area contributed by atoms with Crippen LogP contribution in [0.5, 0.6) is 11.5 Å². The Morgan fingerprint density at radius 3 is 2.66 bits per heavy atom. The molecule has 2 aliphatic rings. The second kappa shape index (κ2) is 6.94. The fraction of sp³-hybridized carbons (Fsp3) is 0.316. The van der Waals surface area contributed by atoms with Gasteiger partial charge in [0.25, 0.3) is 5.56 Å². The highest BCUT2D eigenvalue weighted by Gasteiger charge is 2.24. The lowest BCUT2D eigenvalue weighted by atomic mass is 10.1. The summed E-state index contributed by atoms with van der Waals surface area (Å²) in [6, 6.07) is 4.76. The highest BCUT2D eigenvalue weighted by molar-refractivity contribution is 6.04. The number of rotatable bonds is 4. The number of fused-ring (bicyclic) bond motifs is 2. The predicted octanol–water partition coefficient (Wildman–Crippen LogP) is 0.398. The van der Waals surface area contributed by atoms with Crippen molar-refractivity contribution in [2.24, 2.45) is 0 Å². The van der Waals surface area contributed by atoms with E-state index in [-0.39, 0.29) is 29.4 Å². The van der Waals surface area contributed by atoms with E-state index in [9.17, 15) is 24.4 Å². The molecule has 1 aromatic heterocycles. The first kappa shape index (κ1) is 18.5. The lowest BCUT2D eigenvalue weighted by molar-refractivity contribution is -0.116. The number of nitrogens with one attached hydrogen (secondary N) is 1. The van der Waals surface area contributed by atoms with Crippen LogP contribution in [0.3, 0.4) is 0 Å². The molecule has 0 fully saturated rings. The molecule has 0 spiro atoms. The van der Waals surface area contributed by atoms with Crippen molar-refractivity contribution in [2.75, 3.05) is 12.1 Å². The van der Waals surface area contributed by atoms with E-state index in [1.54, 1.807) is 0 Å². The molecule has 0 unspecified atom stereocenters. The molecule has 10 heteroatoms. The van der Waals surface area contributed by atoms with Gasteiger partial charge >= 0.3 is 5.69 Å². The first-order chi connectivity index (χ1) is 13.9. The number of hydrogen-bond donors (Lipinski definition) is 1. The molecular formula is C19H16N4O6. The van der Waals surface area contributed by atoms with Crippen LogP contribution in [0.1, 0.15) is 35.0 Å². The number of carbonyl (C=O) groups is 2. The molecule has 0 bridgehead atoms. The van der Waals surface area contributed by atoms with E-state index in [1.165, 1.54) is 23.6 Å². The summed E-state index contributed by atoms with van der Waals surface area (Å²) in [6.45, 7) is 1.14. The molecule has 29 heavy (non-hydrogen) atoms. The summed E-state index contributed by atoms with van der Waals surface area (Å²) >= 11 is 0. The Bertz CT molecular complexity index is 1220. The van der Waals surface area contributed by atoms with Crippen LogP contribution in [-0.2, 0) is 24.3 Å². The van der Waals surface area contributed by atoms with E-state index in [1.807, 2.05) is 6.07 Å². The van der Waals surface area contributed by atoms with Crippen LogP contribution >= 0.6 is 0 Å². The van der Waals surface area contributed by atoms with Crippen molar-refractivity contribution >= 4 is 17.4 Å². The van der Waals surface area contributed by atoms with Gasteiger partial charge in [0.2, 0.25) is 12.7 Å². The van der Waals surface area contributed by atoms with E-state index in [4.69, 9.17) is 9.47 Å². The van der Waals surface area contributed by atoms with Gasteiger partial charge < -0.3 is 14.8 Å². The Balaban J connectivity index is 1.67. The average molecular weight is 396 g/mol. The Hall–Kier alpha value is -3.87. The third kappa shape index (κ3) is 3.06. The first-order valence-corrected chi connectivity index (χ1v) is 8.91. The summed E-state index contributed by atoms with van der Waals surface area (Å²) < 4.78 is 12.6. The average Bonchev–Trinajstić information content (AvgIpc) is 3.34. The minimum Gasteiger partial charge on any atom is -0.454 e. The number of Topliss-reactive ketones (excluding diaryl/α,β-unsaturated/α-hetero) is 1. The molecule has 0 atom stereocenters. The Morgan fingerprint density at radius 1 is 1.24 bits per heavy atom. The lowest BCUT2D eigenvalue weighted by Gasteiger charge is -2.13. The molecule has 1 amide bonds. The smallest absolute Gasteiger partial charge is 0.331 e. The Labute approximate surface area is 163 Å². The van der Waals surface area contributed by atoms with Crippen molar-refractivity contribution in [3.8, 4) is 17.6 Å². The monoisotopic (exact) mass is 396 g/mol. The second-order valence-electron chi connectivity index (χ2n) is 6.72. The summed E-state index contributed by atoms with van der Waals surface area (Å²) in [7, 11) is 0. The Kier molecular flexibility index (Phi) is 4.43. The van der Waals surface area contributed by atoms with Crippen LogP contribution in [0, 0.1) is 11.3 Å². The maximum absolute atomic E-state index is 12.6. The molecule has 1 aromatic carbocycles. The van der Waals surface area contributed by atoms with Gasteiger partial charge in [-0.25, -0.2) is 9.36 Å². The van der Waals surface area contributed by atoms with Crippen molar-refractivity contribution in [3.05, 3.63) is 49.8 Å². The molecule has 148 valence electrons. The van der Waals surface area contributed by atoms with Gasteiger partial charge in [-0.1, -0.05) is 0 Å². The third-order valence-electron chi connectivity index (χ3n) is 4.91. The van der Waals surface area contributed by atoms with Gasteiger partial charge in [0, 0.05) is 23.9 Å². The van der Waals surface area contributed by atoms with E-state index in [0.717, 1.165) is 4.57 Å². The van der Waals surface area contributed by atoms with E-state index < -0.39 is 23.7 Å². The molecule has 4 rings (SSSR count). The quantitative estimate of drug-likeness (QED) is 0.740. The number of ether oxygens (including phenoxy) is 2. The van der Waals surface area contributed by atoms with Gasteiger partial charge in [-0.15, -0.1) is 0 Å². The van der Waals surface area contributed by atoms with Crippen LogP contribution in [-0.4, -0.2) is 27.6 Å². The number of nitriles is 1. The molecule has 1 N–H and O–H groups in total. The lowest BCUT2D eigenvalue weighted by Crippen LogP contribution is -2.44. The zero-order valence-electron chi connectivity index (χ0n) is 15.5. The summed E-state index contributed by atoms with van der Waals surface area (Å²) in [6.07, 6.45) is 1.12. The topological polar surface area (TPSA) is 132 Å². The van der Waals surface area contributed by atoms with Crippen LogP contribution in [0.25, 0.3) is 0 Å². The first-order valence-electron chi connectivity index (χ1n) is 8.91. The summed E-state index contributed by atoms with van der Waals surface area (Å²) in [4.78, 5) is 49.7. The van der Waals surface area contributed by atoms with Gasteiger partial charge in [-0.3, -0.25) is 19.0 Å². The largest absolute Gasteiger partial charge is 0.454 e. The molecular weight excluding hydrogens is 380 g/mol. The molecule has 2 aromatic rings. The summed E-state index contributed by atoms with van der Waals surface area (Å²) in [5.41, 5.74) is -0.747. The maximum atomic E-state index is 12.6. The number of nitrogens with zero attached hydrogens (tertiary/aromatic N) is 3. The zero-order chi connectivity index (χ0) is 20.7. The minimum absolute atomic E-state index is 0.00228. The molecule has 10 nitrogen and oxygen atoms in total. The molecule has 0 saturated heterocycles. The minimum atomic E-state index is -0.793. The van der Waals surface area contributed by atoms with E-state index in [0.29, 0.717) is 36.6 Å². The highest BCUT2D eigenvalue weighted by Crippen LogP contribution is 2.37. The van der Waals surface area contributed by atoms with Crippen molar-refractivity contribution in [1.29, 1.82) is 5.26 Å². The number of ketones is 1. The molecule has 0 saturated carbocycles. The number of anilines is 1. The normalized spacial score (nSPS) is 13.7. The van der Waals surface area contributed by atoms with Gasteiger partial charge in [0.1, 0.15) is 18.2 Å². The Morgan fingerprint density at radius 2 is 1.97 bits per heavy atom. The fourth-order valence-electron chi connectivity index (χ4n) is 3.56. The van der Waals surface area contributed by atoms with Gasteiger partial charge in [-0.2, -0.15) is 5.26 Å². The van der Waals surface area contributed by atoms with Crippen molar-refractivity contribution < 1.29 is 19.1 Å². The third-order valence-corrected chi connectivity index (χ3v) is 4.91. The number of amides is 1. The fourth-order valence-corrected chi connectivity index (χ4v) is 3.56. The molecule has 2 aliphatic heterocycles. The van der Waals surface area contributed by atoms with Crippen LogP contribution in [0.2, 0.25) is 0 Å². The zero-order valence-corrected chi connectivity index (χ0v) is 15.5. The van der Waals surface area contributed by atoms with Gasteiger partial charge in [0.05, 0.1) is 5.69 Å². The second-order valence-corrected chi connectivity index (χ2v) is 6.72. The van der Waals surface area contributed by atoms with Crippen LogP contribution in [0.15, 0.2) is 21.7 Å². The maximum Gasteiger partial charge on any atom is 0.331 e. The molecule has 0 radical (unpaired) electrons. The summed E-state index contributed by atoms with van der Waals surface area (Å²) in [5, 5.41) is 11.9. The SMILES string of the molecule is CC(=O)c1cc2c(cc1NC(=O)Cn1c(=O)c(C#N)c3n(c1=O)CCC3)OCO2. The van der Waals surface area contributed by atoms with Crippen molar-refractivity contribution in [2.45, 2.75) is 32.9 Å². The number of hydrogen-bond acceptors (Lipinski definition) is 7. The van der Waals surface area contributed by atoms with Crippen molar-refractivity contribution in [1.82, 2.24) is 9.13 Å². The summed E-state index contributed by atoms with van der Waals surface area (Å²) in [5.74, 6) is -0.236. The van der Waals surface area contributed by atoms with Crippen molar-refractivity contribution in [3.63, 3.8) is 0 Å². The number of aromatic nitrogens is 2. The number of carbonyl (C=O) groups excluding carboxylic acids is 2. The van der Waals surface area contributed by atoms with Gasteiger partial charge in [-0.05, 0) is 25.8 Å². The van der Waals surface area contributed by atoms with E-state index in [2.05, 4.69) is 5.32 Å². The molecule has 3 heterocycles.